The number of hydrogen-bond donors (Lipinski definition) is 1. The van der Waals surface area contributed by atoms with Gasteiger partial charge < -0.3 is 10.3 Å². The smallest absolute Gasteiger partial charge is 0.274 e. The predicted octanol–water partition coefficient (Wildman–Crippen LogP) is 2.08. The summed E-state index contributed by atoms with van der Waals surface area (Å²) in [5, 5.41) is 10.9. The maximum Gasteiger partial charge on any atom is 0.274 e. The van der Waals surface area contributed by atoms with Gasteiger partial charge in [-0.3, -0.25) is 10.1 Å². The topological polar surface area (TPSA) is 74.1 Å². The molecule has 1 aromatic heterocycles. The summed E-state index contributed by atoms with van der Waals surface area (Å²) < 4.78 is 15.1. The van der Waals surface area contributed by atoms with Gasteiger partial charge in [0.1, 0.15) is 5.82 Å². The van der Waals surface area contributed by atoms with Gasteiger partial charge in [0.25, 0.3) is 5.69 Å². The number of nitro benzene ring substituents is 1. The molecular weight excluding hydrogens is 249 g/mol. The second-order valence-corrected chi connectivity index (χ2v) is 4.20. The Morgan fingerprint density at radius 3 is 2.84 bits per heavy atom. The molecule has 0 amide bonds. The first-order valence-corrected chi connectivity index (χ1v) is 5.88. The molecule has 0 radical (unpaired) electrons. The number of halogens is 1. The van der Waals surface area contributed by atoms with Crippen LogP contribution in [-0.2, 0) is 13.0 Å². The molecule has 0 atom stereocenters. The Kier molecular flexibility index (Phi) is 3.91. The molecule has 1 heterocycles. The summed E-state index contributed by atoms with van der Waals surface area (Å²) in [4.78, 5) is 10.4. The van der Waals surface area contributed by atoms with E-state index < -0.39 is 10.7 Å². The summed E-state index contributed by atoms with van der Waals surface area (Å²) in [6.07, 6.45) is 2.48. The quantitative estimate of drug-likeness (QED) is 0.663. The fraction of sp³-hybridized carbons (Fsp3) is 0.231. The van der Waals surface area contributed by atoms with E-state index in [-0.39, 0.29) is 12.2 Å². The van der Waals surface area contributed by atoms with Crippen molar-refractivity contribution in [3.63, 3.8) is 0 Å². The lowest BCUT2D eigenvalue weighted by Crippen LogP contribution is -2.10. The van der Waals surface area contributed by atoms with E-state index in [1.54, 1.807) is 6.20 Å². The lowest BCUT2D eigenvalue weighted by molar-refractivity contribution is -0.385. The van der Waals surface area contributed by atoms with Crippen LogP contribution in [0.1, 0.15) is 11.3 Å². The molecule has 2 aromatic rings. The Morgan fingerprint density at radius 2 is 2.16 bits per heavy atom. The van der Waals surface area contributed by atoms with Crippen LogP contribution >= 0.6 is 0 Å². The largest absolute Gasteiger partial charge is 0.347 e. The molecule has 0 bridgehead atoms. The minimum Gasteiger partial charge on any atom is -0.347 e. The molecule has 0 unspecified atom stereocenters. The highest BCUT2D eigenvalue weighted by Crippen LogP contribution is 2.21. The van der Waals surface area contributed by atoms with E-state index in [2.05, 4.69) is 0 Å². The zero-order valence-electron chi connectivity index (χ0n) is 10.3. The molecule has 0 saturated heterocycles. The van der Waals surface area contributed by atoms with Crippen LogP contribution in [0, 0.1) is 15.9 Å². The van der Waals surface area contributed by atoms with Crippen LogP contribution in [0.25, 0.3) is 0 Å². The van der Waals surface area contributed by atoms with Crippen LogP contribution in [0.5, 0.6) is 0 Å². The highest BCUT2D eigenvalue weighted by atomic mass is 19.1. The molecule has 2 rings (SSSR count). The maximum atomic E-state index is 13.2. The van der Waals surface area contributed by atoms with E-state index in [9.17, 15) is 14.5 Å². The molecule has 2 N–H and O–H groups in total. The first kappa shape index (κ1) is 13.2. The monoisotopic (exact) mass is 263 g/mol. The van der Waals surface area contributed by atoms with E-state index in [4.69, 9.17) is 5.73 Å². The summed E-state index contributed by atoms with van der Waals surface area (Å²) in [6, 6.07) is 7.23. The average Bonchev–Trinajstić information content (AvgIpc) is 2.77. The van der Waals surface area contributed by atoms with Crippen LogP contribution < -0.4 is 5.73 Å². The molecule has 0 aliphatic rings. The summed E-state index contributed by atoms with van der Waals surface area (Å²) >= 11 is 0. The number of nitrogens with zero attached hydrogens (tertiary/aromatic N) is 2. The number of benzene rings is 1. The minimum atomic E-state index is -0.499. The van der Waals surface area contributed by atoms with Crippen molar-refractivity contribution in [3.05, 3.63) is 63.7 Å². The summed E-state index contributed by atoms with van der Waals surface area (Å²) in [6.45, 7) is 0.756. The van der Waals surface area contributed by atoms with Crippen LogP contribution in [0.3, 0.4) is 0 Å². The Bertz CT molecular complexity index is 595. The van der Waals surface area contributed by atoms with Crippen molar-refractivity contribution in [1.29, 1.82) is 0 Å². The lowest BCUT2D eigenvalue weighted by Gasteiger charge is -2.09. The first-order valence-electron chi connectivity index (χ1n) is 5.88. The van der Waals surface area contributed by atoms with Crippen LogP contribution in [0.4, 0.5) is 10.1 Å². The molecule has 1 aromatic carbocycles. The molecule has 100 valence electrons. The van der Waals surface area contributed by atoms with Gasteiger partial charge in [0.05, 0.1) is 17.0 Å². The van der Waals surface area contributed by atoms with Crippen molar-refractivity contribution in [2.75, 3.05) is 6.54 Å². The summed E-state index contributed by atoms with van der Waals surface area (Å²) in [5.41, 5.74) is 6.75. The first-order chi connectivity index (χ1) is 9.11. The predicted molar refractivity (Wildman–Crippen MR) is 69.3 cm³/mol. The molecule has 19 heavy (non-hydrogen) atoms. The molecule has 5 nitrogen and oxygen atoms in total. The van der Waals surface area contributed by atoms with E-state index in [0.717, 1.165) is 11.8 Å². The Morgan fingerprint density at radius 1 is 1.37 bits per heavy atom. The summed E-state index contributed by atoms with van der Waals surface area (Å²) in [5.74, 6) is -0.479. The standard InChI is InChI=1S/C13H14FN3O2/c14-11-3-4-13(17(18)19)10(8-11)9-16-7-1-2-12(16)5-6-15/h1-4,7-8H,5-6,9,15H2. The van der Waals surface area contributed by atoms with Gasteiger partial charge in [-0.25, -0.2) is 4.39 Å². The zero-order chi connectivity index (χ0) is 13.8. The van der Waals surface area contributed by atoms with Crippen LogP contribution in [-0.4, -0.2) is 16.0 Å². The van der Waals surface area contributed by atoms with Crippen molar-refractivity contribution < 1.29 is 9.31 Å². The third-order valence-corrected chi connectivity index (χ3v) is 2.90. The molecular formula is C13H14FN3O2. The molecule has 6 heteroatoms. The van der Waals surface area contributed by atoms with Gasteiger partial charge in [-0.1, -0.05) is 0 Å². The molecule has 0 aliphatic carbocycles. The van der Waals surface area contributed by atoms with Crippen molar-refractivity contribution in [1.82, 2.24) is 4.57 Å². The fourth-order valence-electron chi connectivity index (χ4n) is 2.02. The van der Waals surface area contributed by atoms with E-state index >= 15 is 0 Å². The van der Waals surface area contributed by atoms with Crippen molar-refractivity contribution in [3.8, 4) is 0 Å². The third kappa shape index (κ3) is 2.97. The third-order valence-electron chi connectivity index (χ3n) is 2.90. The van der Waals surface area contributed by atoms with Gasteiger partial charge in [-0.05, 0) is 37.2 Å². The van der Waals surface area contributed by atoms with Crippen LogP contribution in [0.2, 0.25) is 0 Å². The maximum absolute atomic E-state index is 13.2. The van der Waals surface area contributed by atoms with Gasteiger partial charge in [0.2, 0.25) is 0 Å². The molecule has 0 spiro atoms. The van der Waals surface area contributed by atoms with Crippen molar-refractivity contribution in [2.24, 2.45) is 5.73 Å². The van der Waals surface area contributed by atoms with Crippen molar-refractivity contribution >= 4 is 5.69 Å². The van der Waals surface area contributed by atoms with Crippen molar-refractivity contribution in [2.45, 2.75) is 13.0 Å². The van der Waals surface area contributed by atoms with Gasteiger partial charge in [-0.2, -0.15) is 0 Å². The Labute approximate surface area is 109 Å². The number of nitrogens with two attached hydrogens (primary N) is 1. The normalized spacial score (nSPS) is 10.6. The zero-order valence-corrected chi connectivity index (χ0v) is 10.3. The number of aromatic nitrogens is 1. The fourth-order valence-corrected chi connectivity index (χ4v) is 2.02. The minimum absolute atomic E-state index is 0.0752. The van der Waals surface area contributed by atoms with E-state index in [1.807, 2.05) is 16.7 Å². The lowest BCUT2D eigenvalue weighted by atomic mass is 10.1. The van der Waals surface area contributed by atoms with Gasteiger partial charge in [-0.15, -0.1) is 0 Å². The number of hydrogen-bond acceptors (Lipinski definition) is 3. The summed E-state index contributed by atoms with van der Waals surface area (Å²) in [7, 11) is 0. The average molecular weight is 263 g/mol. The second-order valence-electron chi connectivity index (χ2n) is 4.20. The second kappa shape index (κ2) is 5.62. The molecule has 0 fully saturated rings. The Balaban J connectivity index is 2.34. The number of rotatable bonds is 5. The van der Waals surface area contributed by atoms with E-state index in [1.165, 1.54) is 12.1 Å². The SMILES string of the molecule is NCCc1cccn1Cc1cc(F)ccc1[N+](=O)[O-]. The molecule has 0 saturated carbocycles. The van der Waals surface area contributed by atoms with E-state index in [0.29, 0.717) is 18.5 Å². The molecule has 0 aliphatic heterocycles. The van der Waals surface area contributed by atoms with Gasteiger partial charge in [0, 0.05) is 18.0 Å². The van der Waals surface area contributed by atoms with Crippen LogP contribution in [0.15, 0.2) is 36.5 Å². The van der Waals surface area contributed by atoms with Gasteiger partial charge >= 0.3 is 0 Å². The number of nitro groups is 1. The Hall–Kier alpha value is -2.21. The highest BCUT2D eigenvalue weighted by Gasteiger charge is 2.15. The van der Waals surface area contributed by atoms with Gasteiger partial charge in [0.15, 0.2) is 0 Å². The highest BCUT2D eigenvalue weighted by molar-refractivity contribution is 5.40.